The van der Waals surface area contributed by atoms with E-state index in [-0.39, 0.29) is 0 Å². The lowest BCUT2D eigenvalue weighted by molar-refractivity contribution is -0.120. The molecule has 1 amide bonds. The molecular weight excluding hydrogens is 266 g/mol. The van der Waals surface area contributed by atoms with Crippen molar-refractivity contribution in [2.75, 3.05) is 19.9 Å². The van der Waals surface area contributed by atoms with Crippen LogP contribution in [0.2, 0.25) is 0 Å². The van der Waals surface area contributed by atoms with Crippen LogP contribution in [-0.4, -0.2) is 39.5 Å². The molecule has 106 valence electrons. The monoisotopic (exact) mass is 285 g/mol. The van der Waals surface area contributed by atoms with Gasteiger partial charge in [-0.15, -0.1) is 0 Å². The van der Waals surface area contributed by atoms with Crippen LogP contribution in [0.25, 0.3) is 0 Å². The van der Waals surface area contributed by atoms with Gasteiger partial charge in [0.1, 0.15) is 11.0 Å². The van der Waals surface area contributed by atoms with Crippen LogP contribution in [0.4, 0.5) is 0 Å². The van der Waals surface area contributed by atoms with E-state index in [1.165, 1.54) is 6.92 Å². The minimum atomic E-state index is -3.33. The Hall–Kier alpha value is -1.56. The zero-order chi connectivity index (χ0) is 14.5. The first kappa shape index (κ1) is 15.5. The molecular formula is C13H19NO4S. The van der Waals surface area contributed by atoms with E-state index in [4.69, 9.17) is 4.74 Å². The number of methoxy groups -OCH3 is 1. The summed E-state index contributed by atoms with van der Waals surface area (Å²) in [5.74, 6) is 0.314. The molecule has 0 aliphatic carbocycles. The molecule has 0 aliphatic rings. The van der Waals surface area contributed by atoms with Gasteiger partial charge in [0.25, 0.3) is 0 Å². The first-order valence-electron chi connectivity index (χ1n) is 5.94. The van der Waals surface area contributed by atoms with Crippen LogP contribution in [0.15, 0.2) is 24.3 Å². The third-order valence-corrected chi connectivity index (χ3v) is 4.38. The van der Waals surface area contributed by atoms with E-state index < -0.39 is 21.0 Å². The van der Waals surface area contributed by atoms with Crippen LogP contribution in [-0.2, 0) is 21.1 Å². The van der Waals surface area contributed by atoms with Gasteiger partial charge in [0.15, 0.2) is 9.84 Å². The quantitative estimate of drug-likeness (QED) is 0.838. The Morgan fingerprint density at radius 3 is 2.37 bits per heavy atom. The lowest BCUT2D eigenvalue weighted by atomic mass is 10.1. The maximum absolute atomic E-state index is 11.6. The molecule has 0 heterocycles. The number of ether oxygens (including phenoxy) is 1. The fourth-order valence-corrected chi connectivity index (χ4v) is 1.93. The number of rotatable bonds is 6. The summed E-state index contributed by atoms with van der Waals surface area (Å²) in [7, 11) is -1.74. The molecule has 6 heteroatoms. The third kappa shape index (κ3) is 4.90. The average Bonchev–Trinajstić information content (AvgIpc) is 2.37. The number of carbonyl (C=O) groups excluding carboxylic acids is 1. The molecule has 1 atom stereocenters. The second-order valence-electron chi connectivity index (χ2n) is 4.36. The zero-order valence-corrected chi connectivity index (χ0v) is 12.2. The van der Waals surface area contributed by atoms with Crippen LogP contribution in [0.1, 0.15) is 12.5 Å². The van der Waals surface area contributed by atoms with E-state index >= 15 is 0 Å². The Bertz CT molecular complexity index is 522. The first-order chi connectivity index (χ1) is 8.84. The van der Waals surface area contributed by atoms with Crippen molar-refractivity contribution >= 4 is 15.7 Å². The second kappa shape index (κ2) is 6.56. The van der Waals surface area contributed by atoms with Gasteiger partial charge in [-0.1, -0.05) is 12.1 Å². The summed E-state index contributed by atoms with van der Waals surface area (Å²) in [5.41, 5.74) is 1.05. The Balaban J connectivity index is 2.43. The molecule has 1 rings (SSSR count). The summed E-state index contributed by atoms with van der Waals surface area (Å²) >= 11 is 0. The number of nitrogens with one attached hydrogen (secondary N) is 1. The topological polar surface area (TPSA) is 72.5 Å². The molecule has 0 aliphatic heterocycles. The highest BCUT2D eigenvalue weighted by Crippen LogP contribution is 2.11. The molecule has 0 saturated heterocycles. The van der Waals surface area contributed by atoms with Gasteiger partial charge in [-0.25, -0.2) is 8.42 Å². The number of benzene rings is 1. The van der Waals surface area contributed by atoms with Crippen molar-refractivity contribution < 1.29 is 17.9 Å². The largest absolute Gasteiger partial charge is 0.497 e. The van der Waals surface area contributed by atoms with E-state index in [1.54, 1.807) is 7.11 Å². The van der Waals surface area contributed by atoms with E-state index in [2.05, 4.69) is 5.32 Å². The van der Waals surface area contributed by atoms with E-state index in [9.17, 15) is 13.2 Å². The molecule has 0 fully saturated rings. The maximum Gasteiger partial charge on any atom is 0.238 e. The Kier molecular flexibility index (Phi) is 5.35. The van der Waals surface area contributed by atoms with Crippen molar-refractivity contribution in [3.8, 4) is 5.75 Å². The summed E-state index contributed by atoms with van der Waals surface area (Å²) in [5, 5.41) is 1.61. The van der Waals surface area contributed by atoms with Crippen molar-refractivity contribution in [3.05, 3.63) is 29.8 Å². The van der Waals surface area contributed by atoms with Gasteiger partial charge in [-0.05, 0) is 31.0 Å². The zero-order valence-electron chi connectivity index (χ0n) is 11.3. The van der Waals surface area contributed by atoms with Crippen molar-refractivity contribution in [3.63, 3.8) is 0 Å². The van der Waals surface area contributed by atoms with Gasteiger partial charge in [-0.2, -0.15) is 0 Å². The molecule has 0 radical (unpaired) electrons. The fourth-order valence-electron chi connectivity index (χ4n) is 1.46. The second-order valence-corrected chi connectivity index (χ2v) is 6.73. The Labute approximate surface area is 113 Å². The van der Waals surface area contributed by atoms with Crippen LogP contribution < -0.4 is 10.1 Å². The molecule has 1 aromatic rings. The predicted molar refractivity (Wildman–Crippen MR) is 74.0 cm³/mol. The number of sulfone groups is 1. The molecule has 0 saturated carbocycles. The highest BCUT2D eigenvalue weighted by Gasteiger charge is 2.22. The van der Waals surface area contributed by atoms with Crippen LogP contribution in [0.5, 0.6) is 5.75 Å². The minimum absolute atomic E-state index is 0.408. The summed E-state index contributed by atoms with van der Waals surface area (Å²) in [6.45, 7) is 1.79. The van der Waals surface area contributed by atoms with Gasteiger partial charge in [0.05, 0.1) is 7.11 Å². The number of hydrogen-bond acceptors (Lipinski definition) is 4. The van der Waals surface area contributed by atoms with Gasteiger partial charge < -0.3 is 10.1 Å². The first-order valence-corrected chi connectivity index (χ1v) is 7.89. The van der Waals surface area contributed by atoms with Crippen molar-refractivity contribution in [2.45, 2.75) is 18.6 Å². The van der Waals surface area contributed by atoms with Gasteiger partial charge >= 0.3 is 0 Å². The average molecular weight is 285 g/mol. The van der Waals surface area contributed by atoms with Crippen molar-refractivity contribution in [1.29, 1.82) is 0 Å². The maximum atomic E-state index is 11.6. The molecule has 0 spiro atoms. The summed E-state index contributed by atoms with van der Waals surface area (Å²) in [4.78, 5) is 11.6. The smallest absolute Gasteiger partial charge is 0.238 e. The van der Waals surface area contributed by atoms with E-state index in [1.807, 2.05) is 24.3 Å². The fraction of sp³-hybridized carbons (Fsp3) is 0.462. The highest BCUT2D eigenvalue weighted by molar-refractivity contribution is 7.92. The molecule has 0 bridgehead atoms. The predicted octanol–water partition coefficient (Wildman–Crippen LogP) is 0.787. The Morgan fingerprint density at radius 2 is 1.89 bits per heavy atom. The summed E-state index contributed by atoms with van der Waals surface area (Å²) in [6, 6.07) is 7.50. The van der Waals surface area contributed by atoms with Gasteiger partial charge in [0, 0.05) is 12.8 Å². The lowest BCUT2D eigenvalue weighted by Gasteiger charge is -2.10. The summed E-state index contributed by atoms with van der Waals surface area (Å²) in [6.07, 6.45) is 1.70. The van der Waals surface area contributed by atoms with Crippen LogP contribution >= 0.6 is 0 Å². The van der Waals surface area contributed by atoms with E-state index in [0.717, 1.165) is 17.6 Å². The molecule has 1 aromatic carbocycles. The SMILES string of the molecule is COc1ccc(CCNC(=O)[C@H](C)S(C)(=O)=O)cc1. The molecule has 19 heavy (non-hydrogen) atoms. The highest BCUT2D eigenvalue weighted by atomic mass is 32.2. The minimum Gasteiger partial charge on any atom is -0.497 e. The molecule has 0 unspecified atom stereocenters. The molecule has 0 aromatic heterocycles. The van der Waals surface area contributed by atoms with Crippen molar-refractivity contribution in [2.24, 2.45) is 0 Å². The number of carbonyl (C=O) groups is 1. The Morgan fingerprint density at radius 1 is 1.32 bits per heavy atom. The number of amides is 1. The standard InChI is InChI=1S/C13H19NO4S/c1-10(19(3,16)17)13(15)14-9-8-11-4-6-12(18-2)7-5-11/h4-7,10H,8-9H2,1-3H3,(H,14,15)/t10-/m0/s1. The molecule has 5 nitrogen and oxygen atoms in total. The van der Waals surface area contributed by atoms with Crippen LogP contribution in [0, 0.1) is 0 Å². The van der Waals surface area contributed by atoms with Crippen molar-refractivity contribution in [1.82, 2.24) is 5.32 Å². The third-order valence-electron chi connectivity index (χ3n) is 2.88. The summed E-state index contributed by atoms with van der Waals surface area (Å²) < 4.78 is 27.4. The van der Waals surface area contributed by atoms with E-state index in [0.29, 0.717) is 13.0 Å². The normalized spacial score (nSPS) is 12.8. The van der Waals surface area contributed by atoms with Crippen LogP contribution in [0.3, 0.4) is 0 Å². The lowest BCUT2D eigenvalue weighted by Crippen LogP contribution is -2.38. The number of hydrogen-bond donors (Lipinski definition) is 1. The van der Waals surface area contributed by atoms with Gasteiger partial charge in [-0.3, -0.25) is 4.79 Å². The molecule has 1 N–H and O–H groups in total. The van der Waals surface area contributed by atoms with Gasteiger partial charge in [0.2, 0.25) is 5.91 Å².